The van der Waals surface area contributed by atoms with Gasteiger partial charge in [0.1, 0.15) is 5.69 Å². The van der Waals surface area contributed by atoms with E-state index in [4.69, 9.17) is 0 Å². The van der Waals surface area contributed by atoms with Crippen LogP contribution in [-0.4, -0.2) is 46.5 Å². The Morgan fingerprint density at radius 1 is 1.10 bits per heavy atom. The van der Waals surface area contributed by atoms with E-state index >= 15 is 0 Å². The molecule has 3 rings (SSSR count). The van der Waals surface area contributed by atoms with Crippen LogP contribution in [0.5, 0.6) is 0 Å². The van der Waals surface area contributed by atoms with Crippen molar-refractivity contribution in [3.05, 3.63) is 71.9 Å². The molecule has 30 heavy (non-hydrogen) atoms. The fraction of sp³-hybridized carbons (Fsp3) is 0.261. The van der Waals surface area contributed by atoms with Crippen molar-refractivity contribution < 1.29 is 19.4 Å². The molecular formula is C23H25N3O4. The van der Waals surface area contributed by atoms with E-state index < -0.39 is 24.5 Å². The highest BCUT2D eigenvalue weighted by molar-refractivity contribution is 6.01. The van der Waals surface area contributed by atoms with E-state index in [0.717, 1.165) is 11.3 Å². The van der Waals surface area contributed by atoms with Gasteiger partial charge in [0.25, 0.3) is 5.91 Å². The van der Waals surface area contributed by atoms with E-state index in [9.17, 15) is 14.7 Å². The van der Waals surface area contributed by atoms with E-state index in [1.807, 2.05) is 54.6 Å². The number of hydrogen-bond acceptors (Lipinski definition) is 5. The number of ether oxygens (including phenoxy) is 1. The Labute approximate surface area is 175 Å². The minimum Gasteiger partial charge on any atom is -0.467 e. The SMILES string of the molecule is COC(=O)[C@@H](CO)NC(=O)c1cn(-c2ccccc2)nc1-c1ccc(C(C)C)cc1. The maximum Gasteiger partial charge on any atom is 0.330 e. The average molecular weight is 407 g/mol. The smallest absolute Gasteiger partial charge is 0.330 e. The van der Waals surface area contributed by atoms with Crippen molar-refractivity contribution in [3.8, 4) is 16.9 Å². The van der Waals surface area contributed by atoms with Gasteiger partial charge in [-0.05, 0) is 23.6 Å². The van der Waals surface area contributed by atoms with Crippen LogP contribution in [0.15, 0.2) is 60.8 Å². The van der Waals surface area contributed by atoms with Crippen molar-refractivity contribution in [3.63, 3.8) is 0 Å². The topological polar surface area (TPSA) is 93.5 Å². The molecule has 0 aliphatic heterocycles. The van der Waals surface area contributed by atoms with Gasteiger partial charge in [0.2, 0.25) is 0 Å². The molecule has 7 nitrogen and oxygen atoms in total. The number of hydrogen-bond donors (Lipinski definition) is 2. The lowest BCUT2D eigenvalue weighted by Crippen LogP contribution is -2.44. The summed E-state index contributed by atoms with van der Waals surface area (Å²) in [5.74, 6) is -0.859. The Bertz CT molecular complexity index is 1010. The normalized spacial score (nSPS) is 11.9. The number of esters is 1. The van der Waals surface area contributed by atoms with Crippen LogP contribution in [-0.2, 0) is 9.53 Å². The van der Waals surface area contributed by atoms with Gasteiger partial charge in [-0.25, -0.2) is 9.48 Å². The first-order valence-electron chi connectivity index (χ1n) is 9.69. The number of benzene rings is 2. The van der Waals surface area contributed by atoms with Crippen LogP contribution in [0.3, 0.4) is 0 Å². The molecule has 1 atom stereocenters. The molecule has 156 valence electrons. The van der Waals surface area contributed by atoms with Gasteiger partial charge in [0.05, 0.1) is 25.0 Å². The number of nitrogens with one attached hydrogen (secondary N) is 1. The first kappa shape index (κ1) is 21.3. The quantitative estimate of drug-likeness (QED) is 0.588. The zero-order valence-electron chi connectivity index (χ0n) is 17.2. The molecule has 0 saturated carbocycles. The summed E-state index contributed by atoms with van der Waals surface area (Å²) in [5.41, 5.74) is 3.52. The first-order chi connectivity index (χ1) is 14.4. The van der Waals surface area contributed by atoms with Gasteiger partial charge < -0.3 is 15.2 Å². The summed E-state index contributed by atoms with van der Waals surface area (Å²) in [7, 11) is 1.20. The van der Waals surface area contributed by atoms with E-state index in [1.54, 1.807) is 10.9 Å². The summed E-state index contributed by atoms with van der Waals surface area (Å²) >= 11 is 0. The largest absolute Gasteiger partial charge is 0.467 e. The molecule has 7 heteroatoms. The van der Waals surface area contributed by atoms with E-state index in [1.165, 1.54) is 12.7 Å². The number of aliphatic hydroxyl groups is 1. The minimum atomic E-state index is -1.15. The molecule has 0 fully saturated rings. The molecule has 1 amide bonds. The van der Waals surface area contributed by atoms with Crippen molar-refractivity contribution in [1.82, 2.24) is 15.1 Å². The molecule has 0 unspecified atom stereocenters. The zero-order chi connectivity index (χ0) is 21.7. The van der Waals surface area contributed by atoms with Crippen LogP contribution >= 0.6 is 0 Å². The summed E-state index contributed by atoms with van der Waals surface area (Å²) < 4.78 is 6.25. The highest BCUT2D eigenvalue weighted by atomic mass is 16.5. The first-order valence-corrected chi connectivity index (χ1v) is 9.69. The summed E-state index contributed by atoms with van der Waals surface area (Å²) in [6.45, 7) is 3.66. The Morgan fingerprint density at radius 2 is 1.77 bits per heavy atom. The number of amides is 1. The highest BCUT2D eigenvalue weighted by Crippen LogP contribution is 2.26. The summed E-state index contributed by atoms with van der Waals surface area (Å²) in [4.78, 5) is 24.7. The van der Waals surface area contributed by atoms with Gasteiger partial charge in [-0.3, -0.25) is 4.79 Å². The Kier molecular flexibility index (Phi) is 6.64. The van der Waals surface area contributed by atoms with Crippen LogP contribution in [0, 0.1) is 0 Å². The Morgan fingerprint density at radius 3 is 2.33 bits per heavy atom. The number of aromatic nitrogens is 2. The second-order valence-corrected chi connectivity index (χ2v) is 7.18. The van der Waals surface area contributed by atoms with Gasteiger partial charge in [0, 0.05) is 11.8 Å². The van der Waals surface area contributed by atoms with Gasteiger partial charge >= 0.3 is 5.97 Å². The van der Waals surface area contributed by atoms with Crippen LogP contribution in [0.4, 0.5) is 0 Å². The fourth-order valence-corrected chi connectivity index (χ4v) is 3.05. The number of rotatable bonds is 7. The monoisotopic (exact) mass is 407 g/mol. The third-order valence-electron chi connectivity index (χ3n) is 4.80. The van der Waals surface area contributed by atoms with Crippen LogP contribution in [0.25, 0.3) is 16.9 Å². The molecule has 1 heterocycles. The third kappa shape index (κ3) is 4.58. The van der Waals surface area contributed by atoms with Crippen molar-refractivity contribution in [2.75, 3.05) is 13.7 Å². The molecule has 0 bridgehead atoms. The number of para-hydroxylation sites is 1. The number of nitrogens with zero attached hydrogens (tertiary/aromatic N) is 2. The third-order valence-corrected chi connectivity index (χ3v) is 4.80. The van der Waals surface area contributed by atoms with Crippen LogP contribution in [0.1, 0.15) is 35.7 Å². The lowest BCUT2D eigenvalue weighted by Gasteiger charge is -2.13. The summed E-state index contributed by atoms with van der Waals surface area (Å²) in [6.07, 6.45) is 1.61. The minimum absolute atomic E-state index is 0.290. The predicted molar refractivity (Wildman–Crippen MR) is 113 cm³/mol. The molecule has 0 aliphatic carbocycles. The Balaban J connectivity index is 2.02. The van der Waals surface area contributed by atoms with Crippen molar-refractivity contribution >= 4 is 11.9 Å². The molecule has 1 aromatic heterocycles. The second kappa shape index (κ2) is 9.37. The van der Waals surface area contributed by atoms with Crippen molar-refractivity contribution in [1.29, 1.82) is 0 Å². The molecule has 0 aliphatic rings. The number of methoxy groups -OCH3 is 1. The maximum absolute atomic E-state index is 13.0. The maximum atomic E-state index is 13.0. The molecule has 0 saturated heterocycles. The molecular weight excluding hydrogens is 382 g/mol. The second-order valence-electron chi connectivity index (χ2n) is 7.18. The lowest BCUT2D eigenvalue weighted by atomic mass is 9.99. The molecule has 3 aromatic rings. The number of carbonyl (C=O) groups excluding carboxylic acids is 2. The van der Waals surface area contributed by atoms with Gasteiger partial charge in [-0.2, -0.15) is 5.10 Å². The molecule has 2 N–H and O–H groups in total. The van der Waals surface area contributed by atoms with Gasteiger partial charge in [-0.15, -0.1) is 0 Å². The summed E-state index contributed by atoms with van der Waals surface area (Å²) in [6, 6.07) is 16.1. The van der Waals surface area contributed by atoms with Gasteiger partial charge in [-0.1, -0.05) is 56.3 Å². The molecule has 0 radical (unpaired) electrons. The Hall–Kier alpha value is -3.45. The van der Waals surface area contributed by atoms with E-state index in [-0.39, 0.29) is 0 Å². The van der Waals surface area contributed by atoms with Crippen LogP contribution < -0.4 is 5.32 Å². The van der Waals surface area contributed by atoms with E-state index in [0.29, 0.717) is 17.2 Å². The number of carbonyl (C=O) groups is 2. The van der Waals surface area contributed by atoms with Crippen molar-refractivity contribution in [2.24, 2.45) is 0 Å². The average Bonchev–Trinajstić information content (AvgIpc) is 3.23. The van der Waals surface area contributed by atoms with E-state index in [2.05, 4.69) is 29.0 Å². The van der Waals surface area contributed by atoms with Crippen molar-refractivity contribution in [2.45, 2.75) is 25.8 Å². The fourth-order valence-electron chi connectivity index (χ4n) is 3.05. The van der Waals surface area contributed by atoms with Gasteiger partial charge in [0.15, 0.2) is 6.04 Å². The zero-order valence-corrected chi connectivity index (χ0v) is 17.2. The molecule has 2 aromatic carbocycles. The van der Waals surface area contributed by atoms with Crippen LogP contribution in [0.2, 0.25) is 0 Å². The lowest BCUT2D eigenvalue weighted by molar-refractivity contribution is -0.143. The molecule has 0 spiro atoms. The summed E-state index contributed by atoms with van der Waals surface area (Å²) in [5, 5.41) is 16.6. The highest BCUT2D eigenvalue weighted by Gasteiger charge is 2.25. The number of aliphatic hydroxyl groups excluding tert-OH is 1. The standard InChI is InChI=1S/C23H25N3O4/c1-15(2)16-9-11-17(12-10-16)21-19(22(28)24-20(14-27)23(29)30-3)13-26(25-21)18-7-5-4-6-8-18/h4-13,15,20,27H,14H2,1-3H3,(H,24,28)/t20-/m1/s1. The predicted octanol–water partition coefficient (Wildman–Crippen LogP) is 2.93.